The lowest BCUT2D eigenvalue weighted by Crippen LogP contribution is -2.27. The Labute approximate surface area is 114 Å². The van der Waals surface area contributed by atoms with E-state index >= 15 is 0 Å². The molecule has 0 fully saturated rings. The lowest BCUT2D eigenvalue weighted by Gasteiger charge is -2.24. The summed E-state index contributed by atoms with van der Waals surface area (Å²) in [7, 11) is 2.04. The molecule has 1 atom stereocenters. The Morgan fingerprint density at radius 2 is 2.00 bits per heavy atom. The standard InChI is InChI=1S/C15H23NO3/c1-3-12(11-17)10-16(2)13-5-6-14-15(9-13)19-8-4-7-18-14/h5-6,9,12,17H,3-4,7-8,10-11H2,1-2H3. The molecule has 19 heavy (non-hydrogen) atoms. The average Bonchev–Trinajstić information content (AvgIpc) is 2.68. The summed E-state index contributed by atoms with van der Waals surface area (Å²) in [5.74, 6) is 1.95. The second kappa shape index (κ2) is 6.66. The van der Waals surface area contributed by atoms with Crippen LogP contribution in [0.3, 0.4) is 0 Å². The van der Waals surface area contributed by atoms with E-state index in [1.807, 2.05) is 25.2 Å². The molecule has 0 aliphatic carbocycles. The van der Waals surface area contributed by atoms with Crippen LogP contribution >= 0.6 is 0 Å². The first-order chi connectivity index (χ1) is 9.24. The highest BCUT2D eigenvalue weighted by atomic mass is 16.5. The van der Waals surface area contributed by atoms with Crippen molar-refractivity contribution >= 4 is 5.69 Å². The van der Waals surface area contributed by atoms with Gasteiger partial charge in [-0.05, 0) is 24.5 Å². The molecule has 1 aliphatic rings. The molecule has 0 amide bonds. The molecular weight excluding hydrogens is 242 g/mol. The van der Waals surface area contributed by atoms with E-state index in [0.29, 0.717) is 19.1 Å². The van der Waals surface area contributed by atoms with Crippen LogP contribution in [0, 0.1) is 5.92 Å². The number of hydrogen-bond donors (Lipinski definition) is 1. The average molecular weight is 265 g/mol. The van der Waals surface area contributed by atoms with E-state index < -0.39 is 0 Å². The first kappa shape index (κ1) is 14.0. The number of hydrogen-bond acceptors (Lipinski definition) is 4. The normalized spacial score (nSPS) is 15.7. The maximum Gasteiger partial charge on any atom is 0.163 e. The zero-order valence-electron chi connectivity index (χ0n) is 11.8. The molecular formula is C15H23NO3. The van der Waals surface area contributed by atoms with Gasteiger partial charge in [0.15, 0.2) is 11.5 Å². The second-order valence-corrected chi connectivity index (χ2v) is 5.02. The Kier molecular flexibility index (Phi) is 4.91. The first-order valence-corrected chi connectivity index (χ1v) is 6.96. The maximum absolute atomic E-state index is 9.28. The van der Waals surface area contributed by atoms with E-state index in [9.17, 15) is 5.11 Å². The van der Waals surface area contributed by atoms with Crippen molar-refractivity contribution in [1.82, 2.24) is 0 Å². The summed E-state index contributed by atoms with van der Waals surface area (Å²) in [6.45, 7) is 4.58. The third-order valence-electron chi connectivity index (χ3n) is 3.54. The Morgan fingerprint density at radius 3 is 2.68 bits per heavy atom. The zero-order valence-corrected chi connectivity index (χ0v) is 11.8. The molecule has 1 aromatic carbocycles. The van der Waals surface area contributed by atoms with E-state index in [1.54, 1.807) is 0 Å². The molecule has 2 rings (SSSR count). The monoisotopic (exact) mass is 265 g/mol. The summed E-state index contributed by atoms with van der Waals surface area (Å²) in [6, 6.07) is 6.02. The van der Waals surface area contributed by atoms with E-state index in [0.717, 1.165) is 36.6 Å². The number of aliphatic hydroxyl groups is 1. The fraction of sp³-hybridized carbons (Fsp3) is 0.600. The molecule has 1 heterocycles. The highest BCUT2D eigenvalue weighted by Gasteiger charge is 2.14. The molecule has 1 unspecified atom stereocenters. The van der Waals surface area contributed by atoms with Gasteiger partial charge in [-0.1, -0.05) is 6.92 Å². The van der Waals surface area contributed by atoms with Crippen LogP contribution in [-0.2, 0) is 0 Å². The second-order valence-electron chi connectivity index (χ2n) is 5.02. The van der Waals surface area contributed by atoms with Gasteiger partial charge in [0.1, 0.15) is 0 Å². The van der Waals surface area contributed by atoms with Gasteiger partial charge >= 0.3 is 0 Å². The highest BCUT2D eigenvalue weighted by Crippen LogP contribution is 2.33. The van der Waals surface area contributed by atoms with Gasteiger partial charge in [-0.15, -0.1) is 0 Å². The van der Waals surface area contributed by atoms with Crippen LogP contribution in [0.15, 0.2) is 18.2 Å². The van der Waals surface area contributed by atoms with E-state index in [1.165, 1.54) is 0 Å². The fourth-order valence-corrected chi connectivity index (χ4v) is 2.20. The third-order valence-corrected chi connectivity index (χ3v) is 3.54. The van der Waals surface area contributed by atoms with Gasteiger partial charge in [0.25, 0.3) is 0 Å². The summed E-state index contributed by atoms with van der Waals surface area (Å²) < 4.78 is 11.3. The molecule has 4 nitrogen and oxygen atoms in total. The van der Waals surface area contributed by atoms with Crippen LogP contribution in [0.2, 0.25) is 0 Å². The maximum atomic E-state index is 9.28. The number of anilines is 1. The van der Waals surface area contributed by atoms with Gasteiger partial charge in [0.2, 0.25) is 0 Å². The first-order valence-electron chi connectivity index (χ1n) is 6.96. The molecule has 1 N–H and O–H groups in total. The van der Waals surface area contributed by atoms with Crippen LogP contribution in [0.25, 0.3) is 0 Å². The molecule has 0 saturated heterocycles. The topological polar surface area (TPSA) is 41.9 Å². The summed E-state index contributed by atoms with van der Waals surface area (Å²) in [5.41, 5.74) is 1.09. The minimum atomic E-state index is 0.228. The molecule has 106 valence electrons. The van der Waals surface area contributed by atoms with E-state index in [-0.39, 0.29) is 6.61 Å². The molecule has 0 radical (unpaired) electrons. The van der Waals surface area contributed by atoms with Gasteiger partial charge < -0.3 is 19.5 Å². The number of aliphatic hydroxyl groups excluding tert-OH is 1. The van der Waals surface area contributed by atoms with Crippen molar-refractivity contribution < 1.29 is 14.6 Å². The molecule has 0 bridgehead atoms. The van der Waals surface area contributed by atoms with Crippen LogP contribution in [0.4, 0.5) is 5.69 Å². The minimum Gasteiger partial charge on any atom is -0.490 e. The lowest BCUT2D eigenvalue weighted by atomic mass is 10.1. The lowest BCUT2D eigenvalue weighted by molar-refractivity contribution is 0.225. The van der Waals surface area contributed by atoms with Crippen molar-refractivity contribution in [2.75, 3.05) is 38.3 Å². The van der Waals surface area contributed by atoms with Gasteiger partial charge in [-0.25, -0.2) is 0 Å². The molecule has 4 heteroatoms. The fourth-order valence-electron chi connectivity index (χ4n) is 2.20. The summed E-state index contributed by atoms with van der Waals surface area (Å²) in [5, 5.41) is 9.28. The van der Waals surface area contributed by atoms with Crippen molar-refractivity contribution in [3.63, 3.8) is 0 Å². The molecule has 0 aromatic heterocycles. The number of fused-ring (bicyclic) bond motifs is 1. The van der Waals surface area contributed by atoms with E-state index in [4.69, 9.17) is 9.47 Å². The van der Waals surface area contributed by atoms with Gasteiger partial charge in [0.05, 0.1) is 13.2 Å². The van der Waals surface area contributed by atoms with Crippen molar-refractivity contribution in [1.29, 1.82) is 0 Å². The molecule has 0 spiro atoms. The summed E-state index contributed by atoms with van der Waals surface area (Å²) >= 11 is 0. The van der Waals surface area contributed by atoms with Gasteiger partial charge in [-0.3, -0.25) is 0 Å². The van der Waals surface area contributed by atoms with Crippen LogP contribution in [0.1, 0.15) is 19.8 Å². The minimum absolute atomic E-state index is 0.228. The summed E-state index contributed by atoms with van der Waals surface area (Å²) in [6.07, 6.45) is 1.90. The van der Waals surface area contributed by atoms with Gasteiger partial charge in [0, 0.05) is 38.4 Å². The van der Waals surface area contributed by atoms with Crippen molar-refractivity contribution in [2.45, 2.75) is 19.8 Å². The zero-order chi connectivity index (χ0) is 13.7. The quantitative estimate of drug-likeness (QED) is 0.887. The molecule has 1 aromatic rings. The Hall–Kier alpha value is -1.42. The largest absolute Gasteiger partial charge is 0.490 e. The predicted octanol–water partition coefficient (Wildman–Crippen LogP) is 2.30. The SMILES string of the molecule is CCC(CO)CN(C)c1ccc2c(c1)OCCCO2. The molecule has 1 aliphatic heterocycles. The van der Waals surface area contributed by atoms with Crippen molar-refractivity contribution in [3.05, 3.63) is 18.2 Å². The van der Waals surface area contributed by atoms with E-state index in [2.05, 4.69) is 11.8 Å². The molecule has 0 saturated carbocycles. The highest BCUT2D eigenvalue weighted by molar-refractivity contribution is 5.56. The van der Waals surface area contributed by atoms with Crippen LogP contribution in [-0.4, -0.2) is 38.5 Å². The van der Waals surface area contributed by atoms with Crippen molar-refractivity contribution in [3.8, 4) is 11.5 Å². The third kappa shape index (κ3) is 3.53. The number of ether oxygens (including phenoxy) is 2. The van der Waals surface area contributed by atoms with Crippen LogP contribution < -0.4 is 14.4 Å². The Balaban J connectivity index is 2.10. The van der Waals surface area contributed by atoms with Crippen molar-refractivity contribution in [2.24, 2.45) is 5.92 Å². The van der Waals surface area contributed by atoms with Gasteiger partial charge in [-0.2, -0.15) is 0 Å². The summed E-state index contributed by atoms with van der Waals surface area (Å²) in [4.78, 5) is 2.15. The number of benzene rings is 1. The number of rotatable bonds is 5. The predicted molar refractivity (Wildman–Crippen MR) is 76.2 cm³/mol. The Bertz CT molecular complexity index is 404. The van der Waals surface area contributed by atoms with Crippen LogP contribution in [0.5, 0.6) is 11.5 Å². The number of nitrogens with zero attached hydrogens (tertiary/aromatic N) is 1. The Morgan fingerprint density at radius 1 is 1.26 bits per heavy atom. The smallest absolute Gasteiger partial charge is 0.163 e.